The SMILES string of the molecule is CC(N)(c1ccccc1)c1ccsn1. The van der Waals surface area contributed by atoms with Crippen molar-refractivity contribution in [3.63, 3.8) is 0 Å². The van der Waals surface area contributed by atoms with Crippen molar-refractivity contribution in [3.8, 4) is 0 Å². The first kappa shape index (κ1) is 9.37. The van der Waals surface area contributed by atoms with Crippen molar-refractivity contribution in [1.82, 2.24) is 4.37 Å². The third-order valence-electron chi connectivity index (χ3n) is 2.34. The van der Waals surface area contributed by atoms with E-state index in [1.165, 1.54) is 11.5 Å². The van der Waals surface area contributed by atoms with Crippen molar-refractivity contribution in [1.29, 1.82) is 0 Å². The van der Waals surface area contributed by atoms with Crippen LogP contribution >= 0.6 is 11.5 Å². The zero-order valence-electron chi connectivity index (χ0n) is 7.97. The third kappa shape index (κ3) is 1.56. The van der Waals surface area contributed by atoms with Crippen LogP contribution in [0.1, 0.15) is 18.2 Å². The third-order valence-corrected chi connectivity index (χ3v) is 2.90. The first-order chi connectivity index (χ1) is 6.71. The molecule has 2 rings (SSSR count). The van der Waals surface area contributed by atoms with Crippen LogP contribution in [0.15, 0.2) is 41.8 Å². The maximum Gasteiger partial charge on any atom is 0.0821 e. The van der Waals surface area contributed by atoms with Crippen molar-refractivity contribution in [2.45, 2.75) is 12.5 Å². The van der Waals surface area contributed by atoms with Crippen LogP contribution in [0.2, 0.25) is 0 Å². The van der Waals surface area contributed by atoms with Crippen LogP contribution < -0.4 is 5.73 Å². The van der Waals surface area contributed by atoms with Gasteiger partial charge in [-0.15, -0.1) is 0 Å². The van der Waals surface area contributed by atoms with Crippen LogP contribution in [0.25, 0.3) is 0 Å². The molecular weight excluding hydrogens is 192 g/mol. The molecule has 3 heteroatoms. The van der Waals surface area contributed by atoms with Crippen LogP contribution in [0.3, 0.4) is 0 Å². The first-order valence-electron chi connectivity index (χ1n) is 4.46. The van der Waals surface area contributed by atoms with E-state index in [4.69, 9.17) is 5.73 Å². The smallest absolute Gasteiger partial charge is 0.0821 e. The van der Waals surface area contributed by atoms with Gasteiger partial charge in [0.2, 0.25) is 0 Å². The van der Waals surface area contributed by atoms with Crippen LogP contribution in [0.5, 0.6) is 0 Å². The fourth-order valence-corrected chi connectivity index (χ4v) is 2.03. The molecule has 0 aliphatic rings. The Bertz CT molecular complexity index is 392. The quantitative estimate of drug-likeness (QED) is 0.815. The van der Waals surface area contributed by atoms with Crippen molar-refractivity contribution >= 4 is 11.5 Å². The summed E-state index contributed by atoms with van der Waals surface area (Å²) >= 11 is 1.43. The van der Waals surface area contributed by atoms with Crippen molar-refractivity contribution < 1.29 is 0 Å². The summed E-state index contributed by atoms with van der Waals surface area (Å²) in [5.41, 5.74) is 7.78. The molecule has 2 N–H and O–H groups in total. The fraction of sp³-hybridized carbons (Fsp3) is 0.182. The summed E-state index contributed by atoms with van der Waals surface area (Å²) in [5, 5.41) is 1.95. The van der Waals surface area contributed by atoms with E-state index in [0.717, 1.165) is 11.3 Å². The topological polar surface area (TPSA) is 38.9 Å². The molecule has 0 fully saturated rings. The van der Waals surface area contributed by atoms with Gasteiger partial charge in [-0.1, -0.05) is 30.3 Å². The molecule has 0 bridgehead atoms. The average molecular weight is 204 g/mol. The van der Waals surface area contributed by atoms with E-state index < -0.39 is 5.54 Å². The summed E-state index contributed by atoms with van der Waals surface area (Å²) in [4.78, 5) is 0. The van der Waals surface area contributed by atoms with Gasteiger partial charge in [-0.05, 0) is 30.1 Å². The number of rotatable bonds is 2. The lowest BCUT2D eigenvalue weighted by molar-refractivity contribution is 0.589. The molecule has 1 heterocycles. The van der Waals surface area contributed by atoms with Crippen molar-refractivity contribution in [3.05, 3.63) is 53.0 Å². The predicted molar refractivity (Wildman–Crippen MR) is 59.2 cm³/mol. The van der Waals surface area contributed by atoms with Gasteiger partial charge in [-0.2, -0.15) is 4.37 Å². The second-order valence-corrected chi connectivity index (χ2v) is 4.12. The van der Waals surface area contributed by atoms with Gasteiger partial charge in [0.1, 0.15) is 0 Å². The van der Waals surface area contributed by atoms with E-state index >= 15 is 0 Å². The first-order valence-corrected chi connectivity index (χ1v) is 5.30. The zero-order chi connectivity index (χ0) is 10.0. The highest BCUT2D eigenvalue weighted by atomic mass is 32.1. The number of benzene rings is 1. The van der Waals surface area contributed by atoms with Crippen LogP contribution in [-0.4, -0.2) is 4.37 Å². The largest absolute Gasteiger partial charge is 0.317 e. The van der Waals surface area contributed by atoms with Crippen LogP contribution in [0, 0.1) is 0 Å². The predicted octanol–water partition coefficient (Wildman–Crippen LogP) is 2.37. The van der Waals surface area contributed by atoms with E-state index in [1.807, 2.05) is 48.7 Å². The second-order valence-electron chi connectivity index (χ2n) is 3.45. The van der Waals surface area contributed by atoms with E-state index in [9.17, 15) is 0 Å². The standard InChI is InChI=1S/C11H12N2S/c1-11(12,10-7-8-14-13-10)9-5-3-2-4-6-9/h2-8H,12H2,1H3. The van der Waals surface area contributed by atoms with E-state index in [1.54, 1.807) is 0 Å². The molecule has 1 aromatic carbocycles. The van der Waals surface area contributed by atoms with Gasteiger partial charge in [-0.3, -0.25) is 0 Å². The highest BCUT2D eigenvalue weighted by Gasteiger charge is 2.25. The molecule has 0 aliphatic carbocycles. The number of nitrogens with two attached hydrogens (primary N) is 1. The Labute approximate surface area is 87.6 Å². The molecule has 2 aromatic rings. The molecule has 72 valence electrons. The van der Waals surface area contributed by atoms with Crippen LogP contribution in [-0.2, 0) is 5.54 Å². The van der Waals surface area contributed by atoms with Gasteiger partial charge < -0.3 is 5.73 Å². The Morgan fingerprint density at radius 2 is 1.93 bits per heavy atom. The Kier molecular flexibility index (Phi) is 2.35. The van der Waals surface area contributed by atoms with Gasteiger partial charge in [0.25, 0.3) is 0 Å². The summed E-state index contributed by atoms with van der Waals surface area (Å²) in [6.45, 7) is 1.98. The van der Waals surface area contributed by atoms with Gasteiger partial charge in [0.15, 0.2) is 0 Å². The number of nitrogens with zero attached hydrogens (tertiary/aromatic N) is 1. The zero-order valence-corrected chi connectivity index (χ0v) is 8.79. The maximum atomic E-state index is 6.25. The normalized spacial score (nSPS) is 15.0. The van der Waals surface area contributed by atoms with E-state index in [0.29, 0.717) is 0 Å². The molecule has 1 atom stereocenters. The fourth-order valence-electron chi connectivity index (χ4n) is 1.41. The van der Waals surface area contributed by atoms with Crippen LogP contribution in [0.4, 0.5) is 0 Å². The summed E-state index contributed by atoms with van der Waals surface area (Å²) < 4.78 is 4.28. The summed E-state index contributed by atoms with van der Waals surface area (Å²) in [5.74, 6) is 0. The molecule has 1 aromatic heterocycles. The highest BCUT2D eigenvalue weighted by molar-refractivity contribution is 7.03. The van der Waals surface area contributed by atoms with Crippen molar-refractivity contribution in [2.24, 2.45) is 5.73 Å². The Hall–Kier alpha value is -1.19. The molecule has 2 nitrogen and oxygen atoms in total. The molecule has 14 heavy (non-hydrogen) atoms. The lowest BCUT2D eigenvalue weighted by Gasteiger charge is -2.22. The molecule has 0 aliphatic heterocycles. The van der Waals surface area contributed by atoms with Crippen molar-refractivity contribution in [2.75, 3.05) is 0 Å². The molecule has 0 amide bonds. The molecule has 0 radical (unpaired) electrons. The minimum atomic E-state index is -0.485. The van der Waals surface area contributed by atoms with E-state index in [2.05, 4.69) is 4.37 Å². The summed E-state index contributed by atoms with van der Waals surface area (Å²) in [6, 6.07) is 12.0. The van der Waals surface area contributed by atoms with Gasteiger partial charge in [-0.25, -0.2) is 0 Å². The van der Waals surface area contributed by atoms with Gasteiger partial charge in [0.05, 0.1) is 11.2 Å². The lowest BCUT2D eigenvalue weighted by Crippen LogP contribution is -2.34. The number of aromatic nitrogens is 1. The minimum absolute atomic E-state index is 0.485. The number of hydrogen-bond donors (Lipinski definition) is 1. The molecule has 1 unspecified atom stereocenters. The maximum absolute atomic E-state index is 6.25. The molecule has 0 saturated carbocycles. The Morgan fingerprint density at radius 1 is 1.21 bits per heavy atom. The minimum Gasteiger partial charge on any atom is -0.317 e. The van der Waals surface area contributed by atoms with Gasteiger partial charge >= 0.3 is 0 Å². The Morgan fingerprint density at radius 3 is 2.50 bits per heavy atom. The molecule has 0 spiro atoms. The highest BCUT2D eigenvalue weighted by Crippen LogP contribution is 2.25. The summed E-state index contributed by atoms with van der Waals surface area (Å²) in [6.07, 6.45) is 0. The molecule has 0 saturated heterocycles. The van der Waals surface area contributed by atoms with Gasteiger partial charge in [0, 0.05) is 5.38 Å². The monoisotopic (exact) mass is 204 g/mol. The second kappa shape index (κ2) is 3.52. The lowest BCUT2D eigenvalue weighted by atomic mass is 9.90. The van der Waals surface area contributed by atoms with E-state index in [-0.39, 0.29) is 0 Å². The average Bonchev–Trinajstić information content (AvgIpc) is 2.72. The Balaban J connectivity index is 2.43. The molecular formula is C11H12N2S. The summed E-state index contributed by atoms with van der Waals surface area (Å²) in [7, 11) is 0. The number of hydrogen-bond acceptors (Lipinski definition) is 3.